The summed E-state index contributed by atoms with van der Waals surface area (Å²) < 4.78 is 37.5. The number of oxime groups is 1. The summed E-state index contributed by atoms with van der Waals surface area (Å²) in [6, 6.07) is 4.02. The third-order valence-corrected chi connectivity index (χ3v) is 8.19. The number of nitrogens with one attached hydrogen (secondary N) is 2. The van der Waals surface area contributed by atoms with Crippen molar-refractivity contribution in [1.29, 1.82) is 0 Å². The third-order valence-electron chi connectivity index (χ3n) is 6.09. The van der Waals surface area contributed by atoms with E-state index >= 15 is 0 Å². The van der Waals surface area contributed by atoms with Crippen molar-refractivity contribution in [1.82, 2.24) is 19.9 Å². The van der Waals surface area contributed by atoms with Gasteiger partial charge in [-0.25, -0.2) is 14.1 Å². The predicted octanol–water partition coefficient (Wildman–Crippen LogP) is -1.17. The van der Waals surface area contributed by atoms with E-state index in [0.717, 1.165) is 24.4 Å². The Morgan fingerprint density at radius 1 is 1.33 bits per heavy atom. The number of thiazole rings is 1. The molecular weight excluding hydrogens is 620 g/mol. The maximum atomic E-state index is 13.1. The van der Waals surface area contributed by atoms with Crippen molar-refractivity contribution in [2.75, 3.05) is 25.4 Å². The number of aliphatic imine (C=N–C) groups is 1. The Balaban J connectivity index is 1.46. The van der Waals surface area contributed by atoms with Gasteiger partial charge in [0.05, 0.1) is 12.1 Å². The van der Waals surface area contributed by atoms with Gasteiger partial charge in [0.25, 0.3) is 17.9 Å². The number of carbonyl (C=O) groups excluding carboxylic acids is 2. The van der Waals surface area contributed by atoms with Gasteiger partial charge in [-0.1, -0.05) is 28.1 Å². The standard InChI is InChI=1S/C22H25ClN8O9S2/c1-9-14(20(33)31(9)42(36,37)38)28-19(32)16(15-17(23)41-22(25)29-15)30-40-13(21(34)35)8-39-12-4-2-10(3-5-12)18(24)27-11-6-26-7-11/h2-5,9,11,13-14,26H,6-8H2,1H3,(H2,24,27)(H2,25,29)(H,28,32)(H,34,35)(H,36,37,38)/t9-,13?,14-/m0/s1. The summed E-state index contributed by atoms with van der Waals surface area (Å²) >= 11 is 6.90. The molecule has 2 aliphatic rings. The summed E-state index contributed by atoms with van der Waals surface area (Å²) in [6.07, 6.45) is -1.72. The fourth-order valence-electron chi connectivity index (χ4n) is 3.76. The van der Waals surface area contributed by atoms with Gasteiger partial charge < -0.3 is 36.8 Å². The highest BCUT2D eigenvalue weighted by Gasteiger charge is 2.51. The zero-order valence-electron chi connectivity index (χ0n) is 21.6. The van der Waals surface area contributed by atoms with Gasteiger partial charge in [-0.3, -0.25) is 19.1 Å². The smallest absolute Gasteiger partial charge is 0.362 e. The number of ether oxygens (including phenoxy) is 1. The first-order valence-corrected chi connectivity index (χ1v) is 14.6. The number of nitrogens with zero attached hydrogens (tertiary/aromatic N) is 4. The Labute approximate surface area is 247 Å². The second-order valence-electron chi connectivity index (χ2n) is 9.01. The molecule has 0 bridgehead atoms. The summed E-state index contributed by atoms with van der Waals surface area (Å²) in [5.41, 5.74) is 11.4. The molecular formula is C22H25ClN8O9S2. The number of nitrogens with two attached hydrogens (primary N) is 2. The average molecular weight is 645 g/mol. The quantitative estimate of drug-likeness (QED) is 0.0523. The van der Waals surface area contributed by atoms with Crippen molar-refractivity contribution in [2.24, 2.45) is 15.9 Å². The van der Waals surface area contributed by atoms with Gasteiger partial charge >= 0.3 is 16.3 Å². The van der Waals surface area contributed by atoms with Gasteiger partial charge in [0.1, 0.15) is 34.3 Å². The average Bonchev–Trinajstić information content (AvgIpc) is 3.23. The van der Waals surface area contributed by atoms with Crippen LogP contribution in [0.5, 0.6) is 5.75 Å². The fourth-order valence-corrected chi connectivity index (χ4v) is 5.57. The number of β-lactam (4-membered cyclic amide) rings is 1. The van der Waals surface area contributed by atoms with Crippen LogP contribution in [0.15, 0.2) is 34.4 Å². The van der Waals surface area contributed by atoms with Crippen molar-refractivity contribution in [3.05, 3.63) is 39.9 Å². The zero-order chi connectivity index (χ0) is 30.8. The van der Waals surface area contributed by atoms with Crippen LogP contribution < -0.4 is 26.8 Å². The molecule has 3 atom stereocenters. The molecule has 1 unspecified atom stereocenters. The molecule has 0 saturated carbocycles. The first kappa shape index (κ1) is 30.9. The van der Waals surface area contributed by atoms with Crippen LogP contribution in [0.1, 0.15) is 18.2 Å². The number of amides is 2. The van der Waals surface area contributed by atoms with E-state index in [1.54, 1.807) is 24.3 Å². The number of amidine groups is 1. The summed E-state index contributed by atoms with van der Waals surface area (Å²) in [6.45, 7) is 2.21. The van der Waals surface area contributed by atoms with Crippen molar-refractivity contribution in [2.45, 2.75) is 31.2 Å². The van der Waals surface area contributed by atoms with Crippen LogP contribution in [0.25, 0.3) is 0 Å². The van der Waals surface area contributed by atoms with Gasteiger partial charge in [-0.15, -0.1) is 0 Å². The van der Waals surface area contributed by atoms with E-state index in [4.69, 9.17) is 37.2 Å². The fraction of sp³-hybridized carbons (Fsp3) is 0.364. The monoisotopic (exact) mass is 644 g/mol. The summed E-state index contributed by atoms with van der Waals surface area (Å²) in [5, 5.41) is 18.5. The number of hydrogen-bond acceptors (Lipinski definition) is 13. The number of rotatable bonds is 12. The lowest BCUT2D eigenvalue weighted by Gasteiger charge is -2.42. The number of nitrogen functional groups attached to an aromatic ring is 1. The summed E-state index contributed by atoms with van der Waals surface area (Å²) in [7, 11) is -4.84. The van der Waals surface area contributed by atoms with Gasteiger partial charge in [0, 0.05) is 18.7 Å². The number of aromatic nitrogens is 1. The molecule has 1 aromatic carbocycles. The van der Waals surface area contributed by atoms with Gasteiger partial charge in [0.15, 0.2) is 10.8 Å². The number of anilines is 1. The molecule has 2 fully saturated rings. The number of carboxylic acids is 1. The molecule has 17 nitrogen and oxygen atoms in total. The van der Waals surface area contributed by atoms with Crippen LogP contribution in [0, 0.1) is 0 Å². The SMILES string of the molecule is C[C@H]1[C@H](NC(=O)C(=NOC(COc2ccc(C(N)=NC3CNC3)cc2)C(=O)O)c2nc(N)sc2Cl)C(=O)N1S(=O)(=O)O. The van der Waals surface area contributed by atoms with Crippen LogP contribution in [-0.4, -0.2) is 101 Å². The molecule has 4 rings (SSSR count). The van der Waals surface area contributed by atoms with Crippen LogP contribution in [0.2, 0.25) is 4.34 Å². The Morgan fingerprint density at radius 2 is 2.00 bits per heavy atom. The molecule has 0 aliphatic carbocycles. The molecule has 226 valence electrons. The zero-order valence-corrected chi connectivity index (χ0v) is 24.0. The minimum absolute atomic E-state index is 0.0577. The number of hydrogen-bond donors (Lipinski definition) is 6. The highest BCUT2D eigenvalue weighted by atomic mass is 35.5. The number of halogens is 1. The van der Waals surface area contributed by atoms with Crippen LogP contribution in [0.3, 0.4) is 0 Å². The lowest BCUT2D eigenvalue weighted by molar-refractivity contribution is -0.152. The molecule has 2 amide bonds. The minimum Gasteiger partial charge on any atom is -0.489 e. The molecule has 0 radical (unpaired) electrons. The Kier molecular flexibility index (Phi) is 9.16. The Morgan fingerprint density at radius 3 is 2.50 bits per heavy atom. The first-order valence-electron chi connectivity index (χ1n) is 12.0. The lowest BCUT2D eigenvalue weighted by atomic mass is 10.0. The number of carboxylic acid groups (broad SMARTS) is 1. The number of carbonyl (C=O) groups is 3. The minimum atomic E-state index is -4.84. The molecule has 8 N–H and O–H groups in total. The van der Waals surface area contributed by atoms with E-state index in [0.29, 0.717) is 11.4 Å². The summed E-state index contributed by atoms with van der Waals surface area (Å²) in [4.78, 5) is 50.5. The van der Waals surface area contributed by atoms with E-state index in [1.807, 2.05) is 0 Å². The summed E-state index contributed by atoms with van der Waals surface area (Å²) in [5.74, 6) is -3.08. The Hall–Kier alpha value is -4.04. The predicted molar refractivity (Wildman–Crippen MR) is 150 cm³/mol. The van der Waals surface area contributed by atoms with Crippen molar-refractivity contribution in [3.8, 4) is 5.75 Å². The maximum absolute atomic E-state index is 13.1. The van der Waals surface area contributed by atoms with Gasteiger partial charge in [-0.2, -0.15) is 8.42 Å². The lowest BCUT2D eigenvalue weighted by Crippen LogP contribution is -2.71. The molecule has 2 aromatic rings. The van der Waals surface area contributed by atoms with E-state index in [-0.39, 0.29) is 31.3 Å². The molecule has 3 heterocycles. The Bertz CT molecular complexity index is 1540. The molecule has 20 heteroatoms. The van der Waals surface area contributed by atoms with Crippen molar-refractivity contribution >= 4 is 67.7 Å². The highest BCUT2D eigenvalue weighted by molar-refractivity contribution is 7.84. The second kappa shape index (κ2) is 12.4. The second-order valence-corrected chi connectivity index (χ2v) is 11.9. The van der Waals surface area contributed by atoms with E-state index < -0.39 is 58.6 Å². The molecule has 42 heavy (non-hydrogen) atoms. The van der Waals surface area contributed by atoms with Crippen molar-refractivity contribution < 1.29 is 42.0 Å². The van der Waals surface area contributed by atoms with Crippen LogP contribution >= 0.6 is 22.9 Å². The maximum Gasteiger partial charge on any atom is 0.362 e. The molecule has 2 aliphatic heterocycles. The number of aliphatic carboxylic acids is 1. The van der Waals surface area contributed by atoms with E-state index in [9.17, 15) is 27.9 Å². The topological polar surface area (TPSA) is 261 Å². The van der Waals surface area contributed by atoms with Crippen LogP contribution in [-0.2, 0) is 29.5 Å². The third kappa shape index (κ3) is 6.87. The molecule has 1 aromatic heterocycles. The van der Waals surface area contributed by atoms with Gasteiger partial charge in [0.2, 0.25) is 0 Å². The van der Waals surface area contributed by atoms with E-state index in [1.165, 1.54) is 6.92 Å². The number of benzene rings is 1. The normalized spacial score (nSPS) is 20.4. The first-order chi connectivity index (χ1) is 19.8. The highest BCUT2D eigenvalue weighted by Crippen LogP contribution is 2.28. The van der Waals surface area contributed by atoms with E-state index in [2.05, 4.69) is 25.8 Å². The largest absolute Gasteiger partial charge is 0.489 e. The molecule has 2 saturated heterocycles. The van der Waals surface area contributed by atoms with Crippen molar-refractivity contribution in [3.63, 3.8) is 0 Å². The van der Waals surface area contributed by atoms with Crippen LogP contribution in [0.4, 0.5) is 5.13 Å². The molecule has 0 spiro atoms. The van der Waals surface area contributed by atoms with Gasteiger partial charge in [-0.05, 0) is 31.2 Å².